The molecule has 3 nitrogen and oxygen atoms in total. The van der Waals surface area contributed by atoms with Crippen molar-refractivity contribution in [1.29, 1.82) is 0 Å². The predicted octanol–water partition coefficient (Wildman–Crippen LogP) is 3.62. The third-order valence-corrected chi connectivity index (χ3v) is 3.81. The van der Waals surface area contributed by atoms with E-state index in [1.54, 1.807) is 0 Å². The zero-order valence-electron chi connectivity index (χ0n) is 12.1. The Bertz CT molecular complexity index is 622. The Hall–Kier alpha value is -2.29. The van der Waals surface area contributed by atoms with Crippen LogP contribution in [-0.4, -0.2) is 12.5 Å². The Morgan fingerprint density at radius 2 is 1.90 bits per heavy atom. The SMILES string of the molecule is O=C1CCc2cc(NCCCc3ccccc3)ccc2N1. The molecule has 0 fully saturated rings. The summed E-state index contributed by atoms with van der Waals surface area (Å²) in [6.45, 7) is 0.958. The number of fused-ring (bicyclic) bond motifs is 1. The van der Waals surface area contributed by atoms with Gasteiger partial charge in [-0.3, -0.25) is 4.79 Å². The van der Waals surface area contributed by atoms with Gasteiger partial charge in [-0.25, -0.2) is 0 Å². The van der Waals surface area contributed by atoms with E-state index in [2.05, 4.69) is 41.0 Å². The molecule has 3 rings (SSSR count). The summed E-state index contributed by atoms with van der Waals surface area (Å²) in [6, 6.07) is 16.7. The minimum Gasteiger partial charge on any atom is -0.385 e. The zero-order chi connectivity index (χ0) is 14.5. The Kier molecular flexibility index (Phi) is 4.20. The van der Waals surface area contributed by atoms with Crippen LogP contribution >= 0.6 is 0 Å². The van der Waals surface area contributed by atoms with Crippen molar-refractivity contribution in [3.63, 3.8) is 0 Å². The fraction of sp³-hybridized carbons (Fsp3) is 0.278. The van der Waals surface area contributed by atoms with Gasteiger partial charge in [-0.05, 0) is 48.6 Å². The van der Waals surface area contributed by atoms with Crippen LogP contribution in [0.3, 0.4) is 0 Å². The first-order chi connectivity index (χ1) is 10.3. The maximum absolute atomic E-state index is 11.3. The minimum atomic E-state index is 0.117. The van der Waals surface area contributed by atoms with Crippen molar-refractivity contribution < 1.29 is 4.79 Å². The summed E-state index contributed by atoms with van der Waals surface area (Å²) in [6.07, 6.45) is 3.62. The van der Waals surface area contributed by atoms with Crippen LogP contribution in [0.4, 0.5) is 11.4 Å². The standard InChI is InChI=1S/C18H20N2O/c21-18-11-8-15-13-16(9-10-17(15)20-18)19-12-4-7-14-5-2-1-3-6-14/h1-3,5-6,9-10,13,19H,4,7-8,11-12H2,(H,20,21). The van der Waals surface area contributed by atoms with Gasteiger partial charge in [0, 0.05) is 24.3 Å². The molecular weight excluding hydrogens is 260 g/mol. The molecule has 2 N–H and O–H groups in total. The van der Waals surface area contributed by atoms with Gasteiger partial charge in [-0.2, -0.15) is 0 Å². The lowest BCUT2D eigenvalue weighted by molar-refractivity contribution is -0.116. The van der Waals surface area contributed by atoms with Crippen LogP contribution in [0.15, 0.2) is 48.5 Å². The quantitative estimate of drug-likeness (QED) is 0.821. The van der Waals surface area contributed by atoms with E-state index >= 15 is 0 Å². The molecule has 0 spiro atoms. The van der Waals surface area contributed by atoms with Crippen LogP contribution < -0.4 is 10.6 Å². The molecule has 108 valence electrons. The van der Waals surface area contributed by atoms with Crippen molar-refractivity contribution >= 4 is 17.3 Å². The molecule has 1 amide bonds. The second-order valence-corrected chi connectivity index (χ2v) is 5.44. The third-order valence-electron chi connectivity index (χ3n) is 3.81. The number of nitrogens with one attached hydrogen (secondary N) is 2. The topological polar surface area (TPSA) is 41.1 Å². The molecule has 3 heteroatoms. The Labute approximate surface area is 125 Å². The van der Waals surface area contributed by atoms with Crippen LogP contribution in [0, 0.1) is 0 Å². The van der Waals surface area contributed by atoms with Crippen molar-refractivity contribution in [3.05, 3.63) is 59.7 Å². The lowest BCUT2D eigenvalue weighted by atomic mass is 10.0. The second kappa shape index (κ2) is 6.44. The first kappa shape index (κ1) is 13.7. The molecule has 0 bridgehead atoms. The molecule has 0 radical (unpaired) electrons. The highest BCUT2D eigenvalue weighted by atomic mass is 16.1. The predicted molar refractivity (Wildman–Crippen MR) is 86.6 cm³/mol. The van der Waals surface area contributed by atoms with Crippen LogP contribution in [0.1, 0.15) is 24.0 Å². The van der Waals surface area contributed by atoms with Gasteiger partial charge in [-0.1, -0.05) is 30.3 Å². The lowest BCUT2D eigenvalue weighted by Gasteiger charge is -2.18. The number of hydrogen-bond acceptors (Lipinski definition) is 2. The Balaban J connectivity index is 1.51. The zero-order valence-corrected chi connectivity index (χ0v) is 12.1. The smallest absolute Gasteiger partial charge is 0.224 e. The van der Waals surface area contributed by atoms with Gasteiger partial charge in [0.25, 0.3) is 0 Å². The maximum Gasteiger partial charge on any atom is 0.224 e. The molecule has 0 aromatic heterocycles. The Morgan fingerprint density at radius 3 is 2.76 bits per heavy atom. The summed E-state index contributed by atoms with van der Waals surface area (Å²) < 4.78 is 0. The molecule has 21 heavy (non-hydrogen) atoms. The molecule has 1 aliphatic heterocycles. The number of benzene rings is 2. The van der Waals surface area contributed by atoms with E-state index < -0.39 is 0 Å². The highest BCUT2D eigenvalue weighted by Gasteiger charge is 2.14. The summed E-state index contributed by atoms with van der Waals surface area (Å²) in [4.78, 5) is 11.3. The largest absolute Gasteiger partial charge is 0.385 e. The fourth-order valence-corrected chi connectivity index (χ4v) is 2.66. The summed E-state index contributed by atoms with van der Waals surface area (Å²) >= 11 is 0. The molecule has 0 aliphatic carbocycles. The average molecular weight is 280 g/mol. The highest BCUT2D eigenvalue weighted by molar-refractivity contribution is 5.94. The van der Waals surface area contributed by atoms with Crippen LogP contribution in [0.5, 0.6) is 0 Å². The first-order valence-electron chi connectivity index (χ1n) is 7.52. The van der Waals surface area contributed by atoms with Crippen molar-refractivity contribution in [2.24, 2.45) is 0 Å². The second-order valence-electron chi connectivity index (χ2n) is 5.44. The van der Waals surface area contributed by atoms with Gasteiger partial charge in [0.2, 0.25) is 5.91 Å². The molecule has 0 saturated heterocycles. The van der Waals surface area contributed by atoms with E-state index in [4.69, 9.17) is 0 Å². The number of carbonyl (C=O) groups is 1. The molecule has 2 aromatic carbocycles. The summed E-state index contributed by atoms with van der Waals surface area (Å²) in [5.74, 6) is 0.117. The number of amides is 1. The number of aryl methyl sites for hydroxylation is 2. The summed E-state index contributed by atoms with van der Waals surface area (Å²) in [7, 11) is 0. The lowest BCUT2D eigenvalue weighted by Crippen LogP contribution is -2.19. The number of hydrogen-bond donors (Lipinski definition) is 2. The molecule has 1 heterocycles. The number of rotatable bonds is 5. The highest BCUT2D eigenvalue weighted by Crippen LogP contribution is 2.25. The molecule has 0 atom stereocenters. The van der Waals surface area contributed by atoms with Crippen molar-refractivity contribution in [2.75, 3.05) is 17.2 Å². The van der Waals surface area contributed by atoms with Crippen LogP contribution in [-0.2, 0) is 17.6 Å². The fourth-order valence-electron chi connectivity index (χ4n) is 2.66. The Morgan fingerprint density at radius 1 is 1.05 bits per heavy atom. The minimum absolute atomic E-state index is 0.117. The first-order valence-corrected chi connectivity index (χ1v) is 7.52. The molecule has 2 aromatic rings. The van der Waals surface area contributed by atoms with Gasteiger partial charge in [0.15, 0.2) is 0 Å². The number of carbonyl (C=O) groups excluding carboxylic acids is 1. The normalized spacial score (nSPS) is 13.4. The molecular formula is C18H20N2O. The van der Waals surface area contributed by atoms with E-state index in [9.17, 15) is 4.79 Å². The summed E-state index contributed by atoms with van der Waals surface area (Å²) in [5.41, 5.74) is 4.70. The van der Waals surface area contributed by atoms with Gasteiger partial charge < -0.3 is 10.6 Å². The summed E-state index contributed by atoms with van der Waals surface area (Å²) in [5, 5.41) is 6.37. The van der Waals surface area contributed by atoms with E-state index in [1.165, 1.54) is 11.1 Å². The van der Waals surface area contributed by atoms with E-state index in [0.29, 0.717) is 6.42 Å². The van der Waals surface area contributed by atoms with E-state index in [1.807, 2.05) is 18.2 Å². The molecule has 0 saturated carbocycles. The van der Waals surface area contributed by atoms with Crippen molar-refractivity contribution in [2.45, 2.75) is 25.7 Å². The van der Waals surface area contributed by atoms with E-state index in [-0.39, 0.29) is 5.91 Å². The monoisotopic (exact) mass is 280 g/mol. The van der Waals surface area contributed by atoms with Gasteiger partial charge in [0.05, 0.1) is 0 Å². The van der Waals surface area contributed by atoms with Gasteiger partial charge in [0.1, 0.15) is 0 Å². The van der Waals surface area contributed by atoms with Crippen LogP contribution in [0.2, 0.25) is 0 Å². The molecule has 0 unspecified atom stereocenters. The third kappa shape index (κ3) is 3.63. The molecule has 1 aliphatic rings. The number of anilines is 2. The van der Waals surface area contributed by atoms with E-state index in [0.717, 1.165) is 37.2 Å². The maximum atomic E-state index is 11.3. The van der Waals surface area contributed by atoms with Gasteiger partial charge >= 0.3 is 0 Å². The van der Waals surface area contributed by atoms with Crippen molar-refractivity contribution in [1.82, 2.24) is 0 Å². The average Bonchev–Trinajstić information content (AvgIpc) is 2.52. The van der Waals surface area contributed by atoms with Gasteiger partial charge in [-0.15, -0.1) is 0 Å². The van der Waals surface area contributed by atoms with Crippen molar-refractivity contribution in [3.8, 4) is 0 Å². The van der Waals surface area contributed by atoms with Crippen LogP contribution in [0.25, 0.3) is 0 Å².